The molecule has 0 heterocycles. The fourth-order valence-electron chi connectivity index (χ4n) is 0.520. The van der Waals surface area contributed by atoms with Crippen molar-refractivity contribution in [3.63, 3.8) is 0 Å². The molecule has 0 aliphatic carbocycles. The Morgan fingerprint density at radius 3 is 2.27 bits per heavy atom. The quantitative estimate of drug-likeness (QED) is 0.438. The van der Waals surface area contributed by atoms with Gasteiger partial charge in [0.05, 0.1) is 0 Å². The van der Waals surface area contributed by atoms with E-state index in [1.807, 2.05) is 5.32 Å². The maximum absolute atomic E-state index is 10.9. The van der Waals surface area contributed by atoms with Crippen molar-refractivity contribution in [2.75, 3.05) is 7.05 Å². The van der Waals surface area contributed by atoms with Gasteiger partial charge >= 0.3 is 0 Å². The van der Waals surface area contributed by atoms with Crippen LogP contribution in [0.15, 0.2) is 11.3 Å². The number of amides is 2. The minimum absolute atomic E-state index is 0.369. The summed E-state index contributed by atoms with van der Waals surface area (Å²) in [7, 11) is 1.72. The number of carbonyl (C=O) groups excluding carboxylic acids is 2. The van der Waals surface area contributed by atoms with E-state index in [2.05, 4.69) is 5.32 Å². The molecule has 2 N–H and O–H groups in total. The summed E-state index contributed by atoms with van der Waals surface area (Å²) in [6, 6.07) is 0. The highest BCUT2D eigenvalue weighted by molar-refractivity contribution is 5.99. The van der Waals surface area contributed by atoms with Gasteiger partial charge in [-0.3, -0.25) is 14.9 Å². The number of allylic oxidation sites excluding steroid dienone is 1. The first-order valence-electron chi connectivity index (χ1n) is 3.23. The Kier molecular flexibility index (Phi) is 3.95. The fourth-order valence-corrected chi connectivity index (χ4v) is 0.520. The highest BCUT2D eigenvalue weighted by Crippen LogP contribution is 1.97. The molecule has 0 aliphatic heterocycles. The Balaban J connectivity index is 4.33. The SMILES string of the molecule is CNC(C)=C(C)C(=O)NC=O. The smallest absolute Gasteiger partial charge is 0.254 e. The summed E-state index contributed by atoms with van der Waals surface area (Å²) in [6.07, 6.45) is 0.370. The molecule has 0 unspecified atom stereocenters. The van der Waals surface area contributed by atoms with Crippen LogP contribution >= 0.6 is 0 Å². The third-order valence-corrected chi connectivity index (χ3v) is 1.47. The first-order chi connectivity index (χ1) is 5.13. The summed E-state index contributed by atoms with van der Waals surface area (Å²) < 4.78 is 0. The van der Waals surface area contributed by atoms with Gasteiger partial charge in [0, 0.05) is 18.3 Å². The molecule has 0 fully saturated rings. The lowest BCUT2D eigenvalue weighted by Gasteiger charge is -2.03. The number of nitrogens with one attached hydrogen (secondary N) is 2. The lowest BCUT2D eigenvalue weighted by atomic mass is 10.2. The van der Waals surface area contributed by atoms with Crippen LogP contribution in [0.25, 0.3) is 0 Å². The van der Waals surface area contributed by atoms with Gasteiger partial charge in [0.25, 0.3) is 5.91 Å². The molecule has 11 heavy (non-hydrogen) atoms. The largest absolute Gasteiger partial charge is 0.391 e. The van der Waals surface area contributed by atoms with Crippen LogP contribution in [-0.2, 0) is 9.59 Å². The molecule has 2 amide bonds. The maximum Gasteiger partial charge on any atom is 0.254 e. The van der Waals surface area contributed by atoms with Crippen LogP contribution in [0, 0.1) is 0 Å². The van der Waals surface area contributed by atoms with E-state index < -0.39 is 0 Å². The van der Waals surface area contributed by atoms with E-state index in [0.29, 0.717) is 12.0 Å². The van der Waals surface area contributed by atoms with Crippen molar-refractivity contribution >= 4 is 12.3 Å². The molecule has 0 spiro atoms. The van der Waals surface area contributed by atoms with E-state index in [1.54, 1.807) is 20.9 Å². The summed E-state index contributed by atoms with van der Waals surface area (Å²) in [5.41, 5.74) is 1.27. The average Bonchev–Trinajstić information content (AvgIpc) is 2.02. The lowest BCUT2D eigenvalue weighted by Crippen LogP contribution is -2.24. The fraction of sp³-hybridized carbons (Fsp3) is 0.429. The summed E-state index contributed by atoms with van der Waals surface area (Å²) in [4.78, 5) is 20.8. The second-order valence-corrected chi connectivity index (χ2v) is 2.09. The molecule has 0 rings (SSSR count). The summed E-state index contributed by atoms with van der Waals surface area (Å²) in [6.45, 7) is 3.41. The second kappa shape index (κ2) is 4.49. The molecule has 4 nitrogen and oxygen atoms in total. The van der Waals surface area contributed by atoms with Crippen molar-refractivity contribution in [3.05, 3.63) is 11.3 Å². The molecule has 4 heteroatoms. The van der Waals surface area contributed by atoms with Gasteiger partial charge in [0.15, 0.2) is 0 Å². The van der Waals surface area contributed by atoms with E-state index in [1.165, 1.54) is 0 Å². The third kappa shape index (κ3) is 2.84. The number of carbonyl (C=O) groups is 2. The number of rotatable bonds is 3. The lowest BCUT2D eigenvalue weighted by molar-refractivity contribution is -0.122. The Hall–Kier alpha value is -1.32. The molecule has 0 aromatic heterocycles. The van der Waals surface area contributed by atoms with Crippen LogP contribution in [0.1, 0.15) is 13.8 Å². The van der Waals surface area contributed by atoms with E-state index in [9.17, 15) is 9.59 Å². The summed E-state index contributed by atoms with van der Waals surface area (Å²) in [5.74, 6) is -0.369. The van der Waals surface area contributed by atoms with E-state index >= 15 is 0 Å². The van der Waals surface area contributed by atoms with Gasteiger partial charge in [0.2, 0.25) is 6.41 Å². The predicted molar refractivity (Wildman–Crippen MR) is 41.6 cm³/mol. The van der Waals surface area contributed by atoms with Crippen molar-refractivity contribution in [1.82, 2.24) is 10.6 Å². The molecule has 0 radical (unpaired) electrons. The van der Waals surface area contributed by atoms with Crippen molar-refractivity contribution in [2.45, 2.75) is 13.8 Å². The zero-order valence-electron chi connectivity index (χ0n) is 6.89. The van der Waals surface area contributed by atoms with Crippen LogP contribution < -0.4 is 10.6 Å². The minimum atomic E-state index is -0.369. The van der Waals surface area contributed by atoms with Crippen LogP contribution in [0.5, 0.6) is 0 Å². The van der Waals surface area contributed by atoms with E-state index in [-0.39, 0.29) is 5.91 Å². The van der Waals surface area contributed by atoms with Gasteiger partial charge in [-0.1, -0.05) is 0 Å². The van der Waals surface area contributed by atoms with Gasteiger partial charge in [-0.05, 0) is 13.8 Å². The maximum atomic E-state index is 10.9. The monoisotopic (exact) mass is 156 g/mol. The average molecular weight is 156 g/mol. The van der Waals surface area contributed by atoms with Crippen LogP contribution in [-0.4, -0.2) is 19.4 Å². The van der Waals surface area contributed by atoms with Gasteiger partial charge in [-0.25, -0.2) is 0 Å². The molecule has 0 saturated carbocycles. The standard InChI is InChI=1S/C7H12N2O2/c1-5(6(2)8-3)7(11)9-4-10/h4,8H,1-3H3,(H,9,10,11). The molecule has 0 aromatic carbocycles. The van der Waals surface area contributed by atoms with Gasteiger partial charge in [-0.15, -0.1) is 0 Å². The second-order valence-electron chi connectivity index (χ2n) is 2.09. The molecule has 62 valence electrons. The number of hydrogen-bond donors (Lipinski definition) is 2. The van der Waals surface area contributed by atoms with Gasteiger partial charge in [0.1, 0.15) is 0 Å². The van der Waals surface area contributed by atoms with Crippen molar-refractivity contribution in [1.29, 1.82) is 0 Å². The molecule has 0 atom stereocenters. The highest BCUT2D eigenvalue weighted by Gasteiger charge is 2.04. The van der Waals surface area contributed by atoms with E-state index in [0.717, 1.165) is 5.70 Å². The molecule has 0 saturated heterocycles. The van der Waals surface area contributed by atoms with Gasteiger partial charge < -0.3 is 5.32 Å². The highest BCUT2D eigenvalue weighted by atomic mass is 16.2. The molecule has 0 bridgehead atoms. The van der Waals surface area contributed by atoms with Crippen molar-refractivity contribution in [3.8, 4) is 0 Å². The topological polar surface area (TPSA) is 58.2 Å². The Morgan fingerprint density at radius 2 is 1.91 bits per heavy atom. The first kappa shape index (κ1) is 9.68. The van der Waals surface area contributed by atoms with Crippen molar-refractivity contribution < 1.29 is 9.59 Å². The normalized spacial score (nSPS) is 11.5. The summed E-state index contributed by atoms with van der Waals surface area (Å²) >= 11 is 0. The zero-order chi connectivity index (χ0) is 8.85. The Bertz CT molecular complexity index is 197. The van der Waals surface area contributed by atoms with Crippen LogP contribution in [0.2, 0.25) is 0 Å². The third-order valence-electron chi connectivity index (χ3n) is 1.47. The van der Waals surface area contributed by atoms with E-state index in [4.69, 9.17) is 0 Å². The Labute approximate surface area is 65.7 Å². The number of hydrogen-bond acceptors (Lipinski definition) is 3. The van der Waals surface area contributed by atoms with Crippen LogP contribution in [0.3, 0.4) is 0 Å². The molecular formula is C7H12N2O2. The predicted octanol–water partition coefficient (Wildman–Crippen LogP) is -0.228. The zero-order valence-corrected chi connectivity index (χ0v) is 6.89. The Morgan fingerprint density at radius 1 is 1.36 bits per heavy atom. The molecule has 0 aliphatic rings. The van der Waals surface area contributed by atoms with Crippen LogP contribution in [0.4, 0.5) is 0 Å². The summed E-state index contributed by atoms with van der Waals surface area (Å²) in [5, 5.41) is 4.85. The number of imide groups is 1. The van der Waals surface area contributed by atoms with Crippen molar-refractivity contribution in [2.24, 2.45) is 0 Å². The molecular weight excluding hydrogens is 144 g/mol. The molecule has 0 aromatic rings. The van der Waals surface area contributed by atoms with Gasteiger partial charge in [-0.2, -0.15) is 0 Å². The first-order valence-corrected chi connectivity index (χ1v) is 3.23. The minimum Gasteiger partial charge on any atom is -0.391 e.